The number of methoxy groups -OCH3 is 1. The fraction of sp³-hybridized carbons (Fsp3) is 0.895. The maximum atomic E-state index is 11.0. The smallest absolute Gasteiger partial charge is 0.305 e. The van der Waals surface area contributed by atoms with E-state index in [4.69, 9.17) is 4.74 Å². The summed E-state index contributed by atoms with van der Waals surface area (Å²) < 4.78 is 10.5. The second kappa shape index (κ2) is 13.8. The predicted octanol–water partition coefficient (Wildman–Crippen LogP) is 1.63. The lowest BCUT2D eigenvalue weighted by Crippen LogP contribution is -2.50. The molecule has 1 unspecified atom stereocenters. The standard InChI is InChI=1S/C19H38N4O3/c1-16(2)14-23-11-12-26-17(15-23)13-22-19(20-3)21-10-8-6-5-7-9-18(24)25-4/h16-17H,5-15H2,1-4H3,(H2,20,21,22). The zero-order valence-electron chi connectivity index (χ0n) is 17.1. The topological polar surface area (TPSA) is 75.2 Å². The summed E-state index contributed by atoms with van der Waals surface area (Å²) in [4.78, 5) is 17.8. The van der Waals surface area contributed by atoms with Crippen molar-refractivity contribution >= 4 is 11.9 Å². The van der Waals surface area contributed by atoms with E-state index in [9.17, 15) is 4.79 Å². The maximum Gasteiger partial charge on any atom is 0.305 e. The number of unbranched alkanes of at least 4 members (excludes halogenated alkanes) is 3. The molecule has 0 saturated carbocycles. The molecule has 1 saturated heterocycles. The van der Waals surface area contributed by atoms with Crippen LogP contribution in [0.2, 0.25) is 0 Å². The molecule has 0 aliphatic carbocycles. The van der Waals surface area contributed by atoms with Crippen molar-refractivity contribution < 1.29 is 14.3 Å². The molecule has 0 aromatic heterocycles. The molecule has 7 heteroatoms. The summed E-state index contributed by atoms with van der Waals surface area (Å²) in [5.74, 6) is 1.39. The van der Waals surface area contributed by atoms with Crippen molar-refractivity contribution in [2.75, 3.05) is 53.5 Å². The lowest BCUT2D eigenvalue weighted by atomic mass is 10.1. The van der Waals surface area contributed by atoms with Gasteiger partial charge in [0.1, 0.15) is 0 Å². The van der Waals surface area contributed by atoms with E-state index in [2.05, 4.69) is 39.1 Å². The lowest BCUT2D eigenvalue weighted by molar-refractivity contribution is -0.140. The zero-order valence-corrected chi connectivity index (χ0v) is 17.1. The minimum Gasteiger partial charge on any atom is -0.469 e. The van der Waals surface area contributed by atoms with Crippen LogP contribution in [-0.2, 0) is 14.3 Å². The fourth-order valence-corrected chi connectivity index (χ4v) is 3.07. The van der Waals surface area contributed by atoms with Crippen LogP contribution in [0.3, 0.4) is 0 Å². The van der Waals surface area contributed by atoms with Gasteiger partial charge in [-0.25, -0.2) is 0 Å². The Kier molecular flexibility index (Phi) is 12.1. The average Bonchev–Trinajstić information content (AvgIpc) is 2.62. The Morgan fingerprint density at radius 3 is 2.73 bits per heavy atom. The molecular formula is C19H38N4O3. The van der Waals surface area contributed by atoms with Gasteiger partial charge in [0.25, 0.3) is 0 Å². The first-order valence-electron chi connectivity index (χ1n) is 9.90. The Bertz CT molecular complexity index is 416. The highest BCUT2D eigenvalue weighted by molar-refractivity contribution is 5.79. The molecule has 0 aromatic carbocycles. The van der Waals surface area contributed by atoms with Crippen LogP contribution >= 0.6 is 0 Å². The number of aliphatic imine (C=N–C) groups is 1. The molecule has 1 atom stereocenters. The van der Waals surface area contributed by atoms with Gasteiger partial charge in [0.2, 0.25) is 0 Å². The molecule has 1 aliphatic rings. The quantitative estimate of drug-likeness (QED) is 0.249. The number of esters is 1. The molecule has 0 aromatic rings. The van der Waals surface area contributed by atoms with Crippen molar-refractivity contribution in [2.45, 2.75) is 52.1 Å². The first-order chi connectivity index (χ1) is 12.5. The zero-order chi connectivity index (χ0) is 19.2. The minimum atomic E-state index is -0.121. The van der Waals surface area contributed by atoms with Crippen LogP contribution in [0.25, 0.3) is 0 Å². The van der Waals surface area contributed by atoms with E-state index in [0.717, 1.165) is 71.0 Å². The van der Waals surface area contributed by atoms with Crippen molar-refractivity contribution in [3.63, 3.8) is 0 Å². The van der Waals surface area contributed by atoms with Crippen LogP contribution in [0, 0.1) is 5.92 Å². The van der Waals surface area contributed by atoms with Gasteiger partial charge in [0.05, 0.1) is 19.8 Å². The monoisotopic (exact) mass is 370 g/mol. The highest BCUT2D eigenvalue weighted by atomic mass is 16.5. The van der Waals surface area contributed by atoms with Gasteiger partial charge in [-0.15, -0.1) is 0 Å². The number of carbonyl (C=O) groups is 1. The molecule has 1 aliphatic heterocycles. The molecule has 26 heavy (non-hydrogen) atoms. The Hall–Kier alpha value is -1.34. The first kappa shape index (κ1) is 22.7. The van der Waals surface area contributed by atoms with Crippen LogP contribution in [0.15, 0.2) is 4.99 Å². The van der Waals surface area contributed by atoms with Crippen LogP contribution < -0.4 is 10.6 Å². The van der Waals surface area contributed by atoms with Crippen molar-refractivity contribution in [3.8, 4) is 0 Å². The van der Waals surface area contributed by atoms with Gasteiger partial charge in [-0.2, -0.15) is 0 Å². The van der Waals surface area contributed by atoms with E-state index in [1.807, 2.05) is 0 Å². The van der Waals surface area contributed by atoms with Gasteiger partial charge in [-0.05, 0) is 18.8 Å². The molecule has 7 nitrogen and oxygen atoms in total. The summed E-state index contributed by atoms with van der Waals surface area (Å²) in [5.41, 5.74) is 0. The lowest BCUT2D eigenvalue weighted by Gasteiger charge is -2.34. The second-order valence-corrected chi connectivity index (χ2v) is 7.27. The van der Waals surface area contributed by atoms with Crippen LogP contribution in [-0.4, -0.2) is 76.4 Å². The van der Waals surface area contributed by atoms with Crippen molar-refractivity contribution in [1.29, 1.82) is 0 Å². The van der Waals surface area contributed by atoms with Gasteiger partial charge >= 0.3 is 5.97 Å². The highest BCUT2D eigenvalue weighted by Gasteiger charge is 2.20. The first-order valence-corrected chi connectivity index (χ1v) is 9.90. The highest BCUT2D eigenvalue weighted by Crippen LogP contribution is 2.07. The van der Waals surface area contributed by atoms with Crippen molar-refractivity contribution in [2.24, 2.45) is 10.9 Å². The number of guanidine groups is 1. The molecule has 1 heterocycles. The Balaban J connectivity index is 2.10. The van der Waals surface area contributed by atoms with Gasteiger partial charge < -0.3 is 20.1 Å². The summed E-state index contributed by atoms with van der Waals surface area (Å²) in [6, 6.07) is 0. The average molecular weight is 371 g/mol. The molecule has 0 radical (unpaired) electrons. The van der Waals surface area contributed by atoms with Crippen molar-refractivity contribution in [1.82, 2.24) is 15.5 Å². The number of hydrogen-bond acceptors (Lipinski definition) is 5. The van der Waals surface area contributed by atoms with Gasteiger partial charge in [0, 0.05) is 46.2 Å². The van der Waals surface area contributed by atoms with Gasteiger partial charge in [-0.1, -0.05) is 26.7 Å². The molecule has 152 valence electrons. The molecule has 0 bridgehead atoms. The largest absolute Gasteiger partial charge is 0.469 e. The molecule has 1 fully saturated rings. The Morgan fingerprint density at radius 2 is 2.04 bits per heavy atom. The molecular weight excluding hydrogens is 332 g/mol. The third-order valence-corrected chi connectivity index (χ3v) is 4.39. The molecule has 0 amide bonds. The number of ether oxygens (including phenoxy) is 2. The van der Waals surface area contributed by atoms with Crippen LogP contribution in [0.5, 0.6) is 0 Å². The van der Waals surface area contributed by atoms with Gasteiger partial charge in [-0.3, -0.25) is 14.7 Å². The van der Waals surface area contributed by atoms with E-state index in [-0.39, 0.29) is 12.1 Å². The Labute approximate surface area is 158 Å². The predicted molar refractivity (Wildman–Crippen MR) is 105 cm³/mol. The van der Waals surface area contributed by atoms with Crippen molar-refractivity contribution in [3.05, 3.63) is 0 Å². The van der Waals surface area contributed by atoms with E-state index in [1.165, 1.54) is 7.11 Å². The summed E-state index contributed by atoms with van der Waals surface area (Å²) in [6.07, 6.45) is 4.82. The van der Waals surface area contributed by atoms with Crippen LogP contribution in [0.1, 0.15) is 46.0 Å². The summed E-state index contributed by atoms with van der Waals surface area (Å²) in [6.45, 7) is 10.1. The Morgan fingerprint density at radius 1 is 1.27 bits per heavy atom. The van der Waals surface area contributed by atoms with E-state index in [1.54, 1.807) is 7.05 Å². The molecule has 0 spiro atoms. The fourth-order valence-electron chi connectivity index (χ4n) is 3.07. The normalized spacial score (nSPS) is 18.8. The maximum absolute atomic E-state index is 11.0. The molecule has 1 rings (SSSR count). The molecule has 2 N–H and O–H groups in total. The van der Waals surface area contributed by atoms with E-state index in [0.29, 0.717) is 12.3 Å². The van der Waals surface area contributed by atoms with Gasteiger partial charge in [0.15, 0.2) is 5.96 Å². The third-order valence-electron chi connectivity index (χ3n) is 4.39. The third kappa shape index (κ3) is 10.6. The number of rotatable bonds is 11. The number of carbonyl (C=O) groups excluding carboxylic acids is 1. The SMILES string of the molecule is CN=C(NCCCCCCC(=O)OC)NCC1CN(CC(C)C)CCO1. The second-order valence-electron chi connectivity index (χ2n) is 7.27. The summed E-state index contributed by atoms with van der Waals surface area (Å²) in [7, 11) is 3.23. The summed E-state index contributed by atoms with van der Waals surface area (Å²) >= 11 is 0. The number of nitrogens with one attached hydrogen (secondary N) is 2. The van der Waals surface area contributed by atoms with E-state index < -0.39 is 0 Å². The summed E-state index contributed by atoms with van der Waals surface area (Å²) in [5, 5.41) is 6.71. The minimum absolute atomic E-state index is 0.121. The number of nitrogens with zero attached hydrogens (tertiary/aromatic N) is 2. The number of morpholine rings is 1. The van der Waals surface area contributed by atoms with E-state index >= 15 is 0 Å². The van der Waals surface area contributed by atoms with Crippen LogP contribution in [0.4, 0.5) is 0 Å². The number of hydrogen-bond donors (Lipinski definition) is 2.